The average Bonchev–Trinajstić information content (AvgIpc) is 3.07. The number of nitrogens with two attached hydrogens (primary N) is 1. The molecule has 0 spiro atoms. The van der Waals surface area contributed by atoms with Gasteiger partial charge in [0.25, 0.3) is 0 Å². The maximum atomic E-state index is 12.1. The summed E-state index contributed by atoms with van der Waals surface area (Å²) in [6.07, 6.45) is 0. The summed E-state index contributed by atoms with van der Waals surface area (Å²) >= 11 is 7.18. The standard InChI is InChI=1S/C15H16ClN7OS/c1-9-6-12(22(2)21-9)18-13(24)8-25-15-20-19-14(23(15)17)10-4-3-5-11(16)7-10/h3-7H,8,17H2,1-2H3,(H,18,24). The zero-order chi connectivity index (χ0) is 18.0. The number of nitrogens with one attached hydrogen (secondary N) is 1. The van der Waals surface area contributed by atoms with Crippen LogP contribution in [0.4, 0.5) is 5.82 Å². The van der Waals surface area contributed by atoms with E-state index in [0.717, 1.165) is 11.3 Å². The first-order chi connectivity index (χ1) is 11.9. The van der Waals surface area contributed by atoms with E-state index in [-0.39, 0.29) is 11.7 Å². The molecule has 0 aliphatic rings. The minimum absolute atomic E-state index is 0.148. The highest BCUT2D eigenvalue weighted by Crippen LogP contribution is 2.23. The maximum absolute atomic E-state index is 12.1. The Morgan fingerprint density at radius 2 is 2.16 bits per heavy atom. The molecule has 0 unspecified atom stereocenters. The number of hydrogen-bond donors (Lipinski definition) is 2. The van der Waals surface area contributed by atoms with E-state index in [9.17, 15) is 4.79 Å². The summed E-state index contributed by atoms with van der Waals surface area (Å²) in [6, 6.07) is 8.96. The van der Waals surface area contributed by atoms with Gasteiger partial charge in [0.15, 0.2) is 5.82 Å². The van der Waals surface area contributed by atoms with E-state index in [1.807, 2.05) is 19.1 Å². The van der Waals surface area contributed by atoms with E-state index in [4.69, 9.17) is 17.4 Å². The van der Waals surface area contributed by atoms with E-state index < -0.39 is 0 Å². The van der Waals surface area contributed by atoms with Gasteiger partial charge in [-0.25, -0.2) is 4.68 Å². The molecule has 1 aromatic carbocycles. The number of anilines is 1. The smallest absolute Gasteiger partial charge is 0.235 e. The van der Waals surface area contributed by atoms with Crippen molar-refractivity contribution < 1.29 is 4.79 Å². The van der Waals surface area contributed by atoms with E-state index in [1.54, 1.807) is 29.9 Å². The van der Waals surface area contributed by atoms with Crippen LogP contribution < -0.4 is 11.2 Å². The number of thioether (sulfide) groups is 1. The number of aromatic nitrogens is 5. The van der Waals surface area contributed by atoms with Crippen LogP contribution in [-0.4, -0.2) is 36.3 Å². The van der Waals surface area contributed by atoms with Crippen molar-refractivity contribution in [3.63, 3.8) is 0 Å². The number of nitrogen functional groups attached to an aromatic ring is 1. The molecule has 3 N–H and O–H groups in total. The summed E-state index contributed by atoms with van der Waals surface area (Å²) in [7, 11) is 1.77. The molecular formula is C15H16ClN7OS. The second-order valence-corrected chi connectivity index (χ2v) is 6.70. The van der Waals surface area contributed by atoms with Crippen LogP contribution in [0.25, 0.3) is 11.4 Å². The van der Waals surface area contributed by atoms with Crippen molar-refractivity contribution in [3.05, 3.63) is 41.0 Å². The molecule has 25 heavy (non-hydrogen) atoms. The van der Waals surface area contributed by atoms with Gasteiger partial charge >= 0.3 is 0 Å². The highest BCUT2D eigenvalue weighted by molar-refractivity contribution is 7.99. The monoisotopic (exact) mass is 377 g/mol. The van der Waals surface area contributed by atoms with Gasteiger partial charge in [0, 0.05) is 23.7 Å². The van der Waals surface area contributed by atoms with E-state index in [0.29, 0.717) is 21.8 Å². The number of aryl methyl sites for hydroxylation is 2. The van der Waals surface area contributed by atoms with Crippen LogP contribution in [-0.2, 0) is 11.8 Å². The van der Waals surface area contributed by atoms with Crippen LogP contribution in [0.2, 0.25) is 5.02 Å². The average molecular weight is 378 g/mol. The number of carbonyl (C=O) groups excluding carboxylic acids is 1. The lowest BCUT2D eigenvalue weighted by Gasteiger charge is -2.05. The normalized spacial score (nSPS) is 10.8. The molecule has 0 saturated carbocycles. The van der Waals surface area contributed by atoms with Crippen molar-refractivity contribution >= 4 is 35.1 Å². The third-order valence-electron chi connectivity index (χ3n) is 3.35. The summed E-state index contributed by atoms with van der Waals surface area (Å²) in [5.74, 6) is 7.12. The molecule has 0 atom stereocenters. The van der Waals surface area contributed by atoms with Gasteiger partial charge in [0.1, 0.15) is 5.82 Å². The van der Waals surface area contributed by atoms with Crippen molar-refractivity contribution in [2.24, 2.45) is 7.05 Å². The van der Waals surface area contributed by atoms with Crippen molar-refractivity contribution in [3.8, 4) is 11.4 Å². The Hall–Kier alpha value is -2.52. The van der Waals surface area contributed by atoms with Gasteiger partial charge < -0.3 is 11.2 Å². The van der Waals surface area contributed by atoms with Gasteiger partial charge in [-0.05, 0) is 19.1 Å². The van der Waals surface area contributed by atoms with Crippen LogP contribution in [0.1, 0.15) is 5.69 Å². The summed E-state index contributed by atoms with van der Waals surface area (Å²) in [5, 5.41) is 16.1. The van der Waals surface area contributed by atoms with Gasteiger partial charge in [-0.15, -0.1) is 10.2 Å². The summed E-state index contributed by atoms with van der Waals surface area (Å²) in [6.45, 7) is 1.86. The fourth-order valence-corrected chi connectivity index (χ4v) is 3.08. The second-order valence-electron chi connectivity index (χ2n) is 5.32. The summed E-state index contributed by atoms with van der Waals surface area (Å²) in [4.78, 5) is 12.1. The SMILES string of the molecule is Cc1cc(NC(=O)CSc2nnc(-c3cccc(Cl)c3)n2N)n(C)n1. The molecule has 3 aromatic rings. The largest absolute Gasteiger partial charge is 0.335 e. The highest BCUT2D eigenvalue weighted by Gasteiger charge is 2.15. The Bertz CT molecular complexity index is 920. The molecule has 2 aromatic heterocycles. The predicted octanol–water partition coefficient (Wildman–Crippen LogP) is 2.09. The van der Waals surface area contributed by atoms with Crippen LogP contribution in [0.15, 0.2) is 35.5 Å². The summed E-state index contributed by atoms with van der Waals surface area (Å²) < 4.78 is 2.96. The van der Waals surface area contributed by atoms with Crippen LogP contribution in [0.3, 0.4) is 0 Å². The quantitative estimate of drug-likeness (QED) is 0.521. The number of amides is 1. The van der Waals surface area contributed by atoms with Gasteiger partial charge in [-0.3, -0.25) is 9.48 Å². The van der Waals surface area contributed by atoms with Gasteiger partial charge in [-0.1, -0.05) is 35.5 Å². The predicted molar refractivity (Wildman–Crippen MR) is 97.9 cm³/mol. The molecule has 8 nitrogen and oxygen atoms in total. The lowest BCUT2D eigenvalue weighted by molar-refractivity contribution is -0.113. The fourth-order valence-electron chi connectivity index (χ4n) is 2.24. The van der Waals surface area contributed by atoms with Crippen molar-refractivity contribution in [1.82, 2.24) is 24.7 Å². The number of halogens is 1. The molecule has 130 valence electrons. The lowest BCUT2D eigenvalue weighted by Crippen LogP contribution is -2.18. The molecule has 10 heteroatoms. The van der Waals surface area contributed by atoms with E-state index in [2.05, 4.69) is 20.6 Å². The number of benzene rings is 1. The third-order valence-corrected chi connectivity index (χ3v) is 4.53. The van der Waals surface area contributed by atoms with Crippen LogP contribution in [0, 0.1) is 6.92 Å². The first kappa shape index (κ1) is 17.3. The Balaban J connectivity index is 1.66. The molecule has 1 amide bonds. The topological polar surface area (TPSA) is 104 Å². The highest BCUT2D eigenvalue weighted by atomic mass is 35.5. The molecule has 0 radical (unpaired) electrons. The molecule has 2 heterocycles. The van der Waals surface area contributed by atoms with E-state index >= 15 is 0 Å². The Kier molecular flexibility index (Phi) is 4.95. The third kappa shape index (κ3) is 3.94. The fraction of sp³-hybridized carbons (Fsp3) is 0.200. The van der Waals surface area contributed by atoms with E-state index in [1.165, 1.54) is 16.4 Å². The first-order valence-corrected chi connectivity index (χ1v) is 8.70. The van der Waals surface area contributed by atoms with Gasteiger partial charge in [0.2, 0.25) is 11.1 Å². The molecule has 0 aliphatic carbocycles. The molecule has 3 rings (SSSR count). The number of carbonyl (C=O) groups is 1. The van der Waals surface area contributed by atoms with Crippen molar-refractivity contribution in [2.75, 3.05) is 16.9 Å². The molecular weight excluding hydrogens is 362 g/mol. The molecule has 0 bridgehead atoms. The minimum Gasteiger partial charge on any atom is -0.335 e. The van der Waals surface area contributed by atoms with Crippen molar-refractivity contribution in [2.45, 2.75) is 12.1 Å². The first-order valence-electron chi connectivity index (χ1n) is 7.34. The molecule has 0 saturated heterocycles. The van der Waals surface area contributed by atoms with Crippen molar-refractivity contribution in [1.29, 1.82) is 0 Å². The number of rotatable bonds is 5. The zero-order valence-electron chi connectivity index (χ0n) is 13.6. The zero-order valence-corrected chi connectivity index (χ0v) is 15.2. The Labute approximate surface area is 153 Å². The van der Waals surface area contributed by atoms with Crippen LogP contribution >= 0.6 is 23.4 Å². The lowest BCUT2D eigenvalue weighted by atomic mass is 10.2. The number of nitrogens with zero attached hydrogens (tertiary/aromatic N) is 5. The Morgan fingerprint density at radius 1 is 1.36 bits per heavy atom. The Morgan fingerprint density at radius 3 is 2.84 bits per heavy atom. The minimum atomic E-state index is -0.180. The summed E-state index contributed by atoms with van der Waals surface area (Å²) in [5.41, 5.74) is 1.59. The maximum Gasteiger partial charge on any atom is 0.235 e. The molecule has 0 fully saturated rings. The molecule has 0 aliphatic heterocycles. The van der Waals surface area contributed by atoms with Gasteiger partial charge in [-0.2, -0.15) is 5.10 Å². The van der Waals surface area contributed by atoms with Crippen LogP contribution in [0.5, 0.6) is 0 Å². The second kappa shape index (κ2) is 7.16. The van der Waals surface area contributed by atoms with Gasteiger partial charge in [0.05, 0.1) is 11.4 Å². The number of hydrogen-bond acceptors (Lipinski definition) is 6.